The van der Waals surface area contributed by atoms with Gasteiger partial charge in [-0.25, -0.2) is 0 Å². The third-order valence-electron chi connectivity index (χ3n) is 3.00. The molecule has 1 aliphatic carbocycles. The number of aliphatic hydroxyl groups is 2. The van der Waals surface area contributed by atoms with E-state index in [0.717, 1.165) is 0 Å². The number of amides is 1. The van der Waals surface area contributed by atoms with E-state index >= 15 is 0 Å². The monoisotopic (exact) mass is 212 g/mol. The summed E-state index contributed by atoms with van der Waals surface area (Å²) < 4.78 is 0. The van der Waals surface area contributed by atoms with Crippen molar-refractivity contribution < 1.29 is 15.0 Å². The highest BCUT2D eigenvalue weighted by molar-refractivity contribution is 5.81. The number of β-amino-alcohol motifs (C(OH)–C–C–N with tert-alkyl or cyclic N) is 2. The molecule has 1 saturated heterocycles. The standard InChI is InChI=1S/C10H16N2O3/c11-7-2-1-6(3-7)10(15)12-4-8(13)9(14)5-12/h1-2,6-9,13-14H,3-5,11H2/t6?,7?,8-,9+. The number of rotatable bonds is 1. The Hall–Kier alpha value is -0.910. The van der Waals surface area contributed by atoms with Crippen molar-refractivity contribution in [1.29, 1.82) is 0 Å². The first-order chi connectivity index (χ1) is 7.08. The Balaban J connectivity index is 1.95. The summed E-state index contributed by atoms with van der Waals surface area (Å²) in [7, 11) is 0. The van der Waals surface area contributed by atoms with Crippen LogP contribution in [-0.4, -0.2) is 52.4 Å². The molecular formula is C10H16N2O3. The van der Waals surface area contributed by atoms with Crippen LogP contribution in [-0.2, 0) is 4.79 Å². The maximum Gasteiger partial charge on any atom is 0.229 e. The molecule has 0 aromatic rings. The van der Waals surface area contributed by atoms with Crippen molar-refractivity contribution in [2.45, 2.75) is 24.7 Å². The van der Waals surface area contributed by atoms with Crippen molar-refractivity contribution in [2.75, 3.05) is 13.1 Å². The van der Waals surface area contributed by atoms with Crippen LogP contribution in [0.3, 0.4) is 0 Å². The van der Waals surface area contributed by atoms with Crippen LogP contribution in [0.2, 0.25) is 0 Å². The van der Waals surface area contributed by atoms with Crippen LogP contribution in [0.5, 0.6) is 0 Å². The number of nitrogens with two attached hydrogens (primary N) is 1. The molecule has 0 aromatic carbocycles. The molecule has 1 aliphatic heterocycles. The van der Waals surface area contributed by atoms with Crippen LogP contribution < -0.4 is 5.73 Å². The highest BCUT2D eigenvalue weighted by Gasteiger charge is 2.36. The van der Waals surface area contributed by atoms with E-state index in [1.807, 2.05) is 12.2 Å². The average Bonchev–Trinajstić information content (AvgIpc) is 2.74. The van der Waals surface area contributed by atoms with Crippen molar-refractivity contribution >= 4 is 5.91 Å². The summed E-state index contributed by atoms with van der Waals surface area (Å²) >= 11 is 0. The lowest BCUT2D eigenvalue weighted by molar-refractivity contribution is -0.133. The topological polar surface area (TPSA) is 86.8 Å². The molecule has 2 aliphatic rings. The van der Waals surface area contributed by atoms with Gasteiger partial charge in [-0.2, -0.15) is 0 Å². The van der Waals surface area contributed by atoms with Crippen molar-refractivity contribution in [3.8, 4) is 0 Å². The second-order valence-corrected chi connectivity index (χ2v) is 4.27. The van der Waals surface area contributed by atoms with Gasteiger partial charge in [0.15, 0.2) is 0 Å². The van der Waals surface area contributed by atoms with Crippen LogP contribution in [0.25, 0.3) is 0 Å². The molecule has 0 radical (unpaired) electrons. The Morgan fingerprint density at radius 3 is 2.33 bits per heavy atom. The molecule has 2 rings (SSSR count). The van der Waals surface area contributed by atoms with E-state index in [0.29, 0.717) is 6.42 Å². The van der Waals surface area contributed by atoms with Crippen molar-refractivity contribution in [2.24, 2.45) is 11.7 Å². The summed E-state index contributed by atoms with van der Waals surface area (Å²) in [6.45, 7) is 0.444. The number of carbonyl (C=O) groups excluding carboxylic acids is 1. The Kier molecular flexibility index (Phi) is 2.77. The quantitative estimate of drug-likeness (QED) is 0.459. The van der Waals surface area contributed by atoms with Crippen molar-refractivity contribution in [1.82, 2.24) is 4.90 Å². The number of nitrogens with zero attached hydrogens (tertiary/aromatic N) is 1. The molecular weight excluding hydrogens is 196 g/mol. The van der Waals surface area contributed by atoms with Gasteiger partial charge in [-0.3, -0.25) is 4.79 Å². The molecule has 2 unspecified atom stereocenters. The van der Waals surface area contributed by atoms with Gasteiger partial charge in [0.1, 0.15) is 0 Å². The molecule has 0 aromatic heterocycles. The van der Waals surface area contributed by atoms with Gasteiger partial charge in [-0.15, -0.1) is 0 Å². The van der Waals surface area contributed by atoms with E-state index in [9.17, 15) is 15.0 Å². The smallest absolute Gasteiger partial charge is 0.229 e. The first kappa shape index (κ1) is 10.6. The lowest BCUT2D eigenvalue weighted by atomic mass is 10.1. The van der Waals surface area contributed by atoms with Crippen molar-refractivity contribution in [3.63, 3.8) is 0 Å². The first-order valence-corrected chi connectivity index (χ1v) is 5.16. The molecule has 84 valence electrons. The fourth-order valence-electron chi connectivity index (χ4n) is 2.09. The Morgan fingerprint density at radius 1 is 1.27 bits per heavy atom. The molecule has 4 N–H and O–H groups in total. The van der Waals surface area contributed by atoms with Gasteiger partial charge in [-0.05, 0) is 6.42 Å². The number of carbonyl (C=O) groups is 1. The second-order valence-electron chi connectivity index (χ2n) is 4.27. The fourth-order valence-corrected chi connectivity index (χ4v) is 2.09. The Morgan fingerprint density at radius 2 is 1.87 bits per heavy atom. The molecule has 1 amide bonds. The number of aliphatic hydroxyl groups excluding tert-OH is 2. The van der Waals surface area contributed by atoms with Crippen LogP contribution in [0.1, 0.15) is 6.42 Å². The largest absolute Gasteiger partial charge is 0.388 e. The lowest BCUT2D eigenvalue weighted by Crippen LogP contribution is -2.35. The number of hydrogen-bond donors (Lipinski definition) is 3. The molecule has 4 atom stereocenters. The van der Waals surface area contributed by atoms with E-state index in [1.165, 1.54) is 4.90 Å². The number of likely N-dealkylation sites (tertiary alicyclic amines) is 1. The maximum atomic E-state index is 11.9. The molecule has 0 bridgehead atoms. The minimum atomic E-state index is -0.812. The molecule has 0 spiro atoms. The van der Waals surface area contributed by atoms with Gasteiger partial charge in [0.05, 0.1) is 18.1 Å². The van der Waals surface area contributed by atoms with E-state index in [4.69, 9.17) is 5.73 Å². The lowest BCUT2D eigenvalue weighted by Gasteiger charge is -2.19. The highest BCUT2D eigenvalue weighted by atomic mass is 16.3. The van der Waals surface area contributed by atoms with Gasteiger partial charge in [0.25, 0.3) is 0 Å². The van der Waals surface area contributed by atoms with E-state index < -0.39 is 12.2 Å². The molecule has 1 fully saturated rings. The fraction of sp³-hybridized carbons (Fsp3) is 0.700. The number of hydrogen-bond acceptors (Lipinski definition) is 4. The summed E-state index contributed by atoms with van der Waals surface area (Å²) in [5.41, 5.74) is 5.66. The average molecular weight is 212 g/mol. The summed E-state index contributed by atoms with van der Waals surface area (Å²) in [6.07, 6.45) is 2.64. The zero-order chi connectivity index (χ0) is 11.0. The summed E-state index contributed by atoms with van der Waals surface area (Å²) in [5, 5.41) is 18.7. The minimum Gasteiger partial charge on any atom is -0.388 e. The molecule has 1 heterocycles. The summed E-state index contributed by atoms with van der Waals surface area (Å²) in [4.78, 5) is 13.4. The summed E-state index contributed by atoms with van der Waals surface area (Å²) in [6, 6.07) is -0.0450. The first-order valence-electron chi connectivity index (χ1n) is 5.16. The third kappa shape index (κ3) is 2.04. The van der Waals surface area contributed by atoms with Gasteiger partial charge < -0.3 is 20.8 Å². The van der Waals surface area contributed by atoms with Crippen LogP contribution in [0.4, 0.5) is 0 Å². The zero-order valence-electron chi connectivity index (χ0n) is 8.41. The van der Waals surface area contributed by atoms with Gasteiger partial charge in [-0.1, -0.05) is 12.2 Å². The molecule has 5 nitrogen and oxygen atoms in total. The van der Waals surface area contributed by atoms with Crippen LogP contribution >= 0.6 is 0 Å². The van der Waals surface area contributed by atoms with Gasteiger partial charge in [0.2, 0.25) is 5.91 Å². The minimum absolute atomic E-state index is 0.0450. The second kappa shape index (κ2) is 3.92. The van der Waals surface area contributed by atoms with Gasteiger partial charge >= 0.3 is 0 Å². The Bertz CT molecular complexity index is 282. The van der Waals surface area contributed by atoms with Gasteiger partial charge in [0, 0.05) is 19.1 Å². The molecule has 5 heteroatoms. The summed E-state index contributed by atoms with van der Waals surface area (Å²) in [5.74, 6) is -0.229. The SMILES string of the molecule is NC1C=CC(C(=O)N2C[C@@H](O)[C@@H](O)C2)C1. The van der Waals surface area contributed by atoms with E-state index in [2.05, 4.69) is 0 Å². The normalized spacial score (nSPS) is 40.1. The highest BCUT2D eigenvalue weighted by Crippen LogP contribution is 2.21. The van der Waals surface area contributed by atoms with Crippen molar-refractivity contribution in [3.05, 3.63) is 12.2 Å². The molecule has 0 saturated carbocycles. The van der Waals surface area contributed by atoms with Crippen LogP contribution in [0, 0.1) is 5.92 Å². The third-order valence-corrected chi connectivity index (χ3v) is 3.00. The predicted molar refractivity (Wildman–Crippen MR) is 53.8 cm³/mol. The maximum absolute atomic E-state index is 11.9. The Labute approximate surface area is 88.2 Å². The van der Waals surface area contributed by atoms with E-state index in [-0.39, 0.29) is 31.0 Å². The zero-order valence-corrected chi connectivity index (χ0v) is 8.41. The predicted octanol–water partition coefficient (Wildman–Crippen LogP) is -1.55. The molecule has 15 heavy (non-hydrogen) atoms. The van der Waals surface area contributed by atoms with E-state index in [1.54, 1.807) is 0 Å². The van der Waals surface area contributed by atoms with Crippen LogP contribution in [0.15, 0.2) is 12.2 Å².